The number of hydrogen-bond donors (Lipinski definition) is 1. The van der Waals surface area contributed by atoms with Crippen LogP contribution in [0.3, 0.4) is 0 Å². The number of amides is 2. The molecule has 26 heavy (non-hydrogen) atoms. The van der Waals surface area contributed by atoms with Crippen LogP contribution in [0.25, 0.3) is 10.2 Å². The normalized spacial score (nSPS) is 17.1. The molecular weight excluding hydrogens is 377 g/mol. The molecule has 0 bridgehead atoms. The Morgan fingerprint density at radius 3 is 2.81 bits per heavy atom. The highest BCUT2D eigenvalue weighted by Gasteiger charge is 2.35. The van der Waals surface area contributed by atoms with E-state index in [0.29, 0.717) is 32.6 Å². The molecule has 1 saturated heterocycles. The van der Waals surface area contributed by atoms with Crippen molar-refractivity contribution in [2.75, 3.05) is 16.8 Å². The van der Waals surface area contributed by atoms with Crippen molar-refractivity contribution >= 4 is 55.8 Å². The summed E-state index contributed by atoms with van der Waals surface area (Å²) in [5, 5.41) is 3.72. The summed E-state index contributed by atoms with van der Waals surface area (Å²) in [6, 6.07) is 11.2. The number of benzene rings is 2. The Morgan fingerprint density at radius 2 is 2.04 bits per heavy atom. The van der Waals surface area contributed by atoms with Gasteiger partial charge in [0.2, 0.25) is 11.8 Å². The lowest BCUT2D eigenvalue weighted by Gasteiger charge is -2.16. The van der Waals surface area contributed by atoms with Crippen LogP contribution in [0.2, 0.25) is 5.02 Å². The lowest BCUT2D eigenvalue weighted by Crippen LogP contribution is -2.28. The van der Waals surface area contributed by atoms with E-state index in [0.717, 1.165) is 0 Å². The van der Waals surface area contributed by atoms with Gasteiger partial charge in [-0.3, -0.25) is 9.59 Å². The van der Waals surface area contributed by atoms with Gasteiger partial charge in [-0.05, 0) is 42.5 Å². The van der Waals surface area contributed by atoms with E-state index < -0.39 is 5.92 Å². The van der Waals surface area contributed by atoms with Gasteiger partial charge in [0.25, 0.3) is 0 Å². The molecule has 2 heterocycles. The van der Waals surface area contributed by atoms with Gasteiger partial charge in [0.1, 0.15) is 5.82 Å². The van der Waals surface area contributed by atoms with Crippen LogP contribution in [0, 0.1) is 11.7 Å². The molecule has 4 rings (SSSR count). The largest absolute Gasteiger partial charge is 0.312 e. The molecule has 0 radical (unpaired) electrons. The number of nitrogens with zero attached hydrogens (tertiary/aromatic N) is 2. The van der Waals surface area contributed by atoms with E-state index in [9.17, 15) is 14.0 Å². The molecule has 3 aromatic rings. The van der Waals surface area contributed by atoms with Crippen molar-refractivity contribution in [2.24, 2.45) is 5.92 Å². The number of carbonyl (C=O) groups is 2. The summed E-state index contributed by atoms with van der Waals surface area (Å²) in [6.07, 6.45) is 0.133. The first-order chi connectivity index (χ1) is 12.5. The van der Waals surface area contributed by atoms with Crippen molar-refractivity contribution in [2.45, 2.75) is 6.42 Å². The van der Waals surface area contributed by atoms with Gasteiger partial charge >= 0.3 is 0 Å². The quantitative estimate of drug-likeness (QED) is 0.734. The molecule has 8 heteroatoms. The predicted octanol–water partition coefficient (Wildman–Crippen LogP) is 4.08. The highest BCUT2D eigenvalue weighted by atomic mass is 35.5. The monoisotopic (exact) mass is 389 g/mol. The number of anilines is 2. The lowest BCUT2D eigenvalue weighted by atomic mass is 10.1. The lowest BCUT2D eigenvalue weighted by molar-refractivity contribution is -0.122. The van der Waals surface area contributed by atoms with Gasteiger partial charge in [-0.2, -0.15) is 0 Å². The molecule has 1 unspecified atom stereocenters. The van der Waals surface area contributed by atoms with Crippen molar-refractivity contribution < 1.29 is 14.0 Å². The summed E-state index contributed by atoms with van der Waals surface area (Å²) in [5.74, 6) is -1.20. The Labute approximate surface area is 157 Å². The fourth-order valence-electron chi connectivity index (χ4n) is 2.91. The maximum Gasteiger partial charge on any atom is 0.231 e. The topological polar surface area (TPSA) is 62.3 Å². The molecule has 0 aliphatic carbocycles. The number of carbonyl (C=O) groups excluding carboxylic acids is 2. The van der Waals surface area contributed by atoms with Crippen LogP contribution in [-0.4, -0.2) is 23.3 Å². The Kier molecular flexibility index (Phi) is 4.34. The first kappa shape index (κ1) is 16.9. The fraction of sp³-hybridized carbons (Fsp3) is 0.167. The van der Waals surface area contributed by atoms with E-state index >= 15 is 0 Å². The maximum absolute atomic E-state index is 13.3. The summed E-state index contributed by atoms with van der Waals surface area (Å²) in [5.41, 5.74) is 1.34. The zero-order valence-electron chi connectivity index (χ0n) is 13.4. The minimum absolute atomic E-state index is 0.112. The van der Waals surface area contributed by atoms with Crippen LogP contribution in [0.1, 0.15) is 6.42 Å². The van der Waals surface area contributed by atoms with Crippen LogP contribution in [-0.2, 0) is 9.59 Å². The number of thiazole rings is 1. The van der Waals surface area contributed by atoms with E-state index in [1.807, 2.05) is 0 Å². The standard InChI is InChI=1S/C18H13ClFN3O2S/c19-11-1-4-13(5-2-11)23-9-10(7-16(23)24)17(25)22-18-21-14-6-3-12(20)8-15(14)26-18/h1-6,8,10H,7,9H2,(H,21,22,25). The second-order valence-corrected chi connectivity index (χ2v) is 7.47. The van der Waals surface area contributed by atoms with Crippen LogP contribution in [0.5, 0.6) is 0 Å². The second kappa shape index (κ2) is 6.66. The van der Waals surface area contributed by atoms with Gasteiger partial charge in [-0.25, -0.2) is 9.37 Å². The summed E-state index contributed by atoms with van der Waals surface area (Å²) < 4.78 is 13.9. The zero-order valence-corrected chi connectivity index (χ0v) is 15.0. The number of hydrogen-bond acceptors (Lipinski definition) is 4. The van der Waals surface area contributed by atoms with Crippen LogP contribution in [0.15, 0.2) is 42.5 Å². The highest BCUT2D eigenvalue weighted by molar-refractivity contribution is 7.22. The average Bonchev–Trinajstić information content (AvgIpc) is 3.18. The molecule has 1 aliphatic heterocycles. The number of halogens is 2. The van der Waals surface area contributed by atoms with Crippen molar-refractivity contribution in [3.8, 4) is 0 Å². The predicted molar refractivity (Wildman–Crippen MR) is 100 cm³/mol. The summed E-state index contributed by atoms with van der Waals surface area (Å²) in [6.45, 7) is 0.297. The maximum atomic E-state index is 13.3. The zero-order chi connectivity index (χ0) is 18.3. The minimum atomic E-state index is -0.470. The van der Waals surface area contributed by atoms with E-state index in [2.05, 4.69) is 10.3 Å². The summed E-state index contributed by atoms with van der Waals surface area (Å²) in [7, 11) is 0. The van der Waals surface area contributed by atoms with Crippen LogP contribution >= 0.6 is 22.9 Å². The molecule has 1 aromatic heterocycles. The highest BCUT2D eigenvalue weighted by Crippen LogP contribution is 2.29. The number of nitrogens with one attached hydrogen (secondary N) is 1. The Bertz CT molecular complexity index is 1010. The number of fused-ring (bicyclic) bond motifs is 1. The van der Waals surface area contributed by atoms with Crippen LogP contribution < -0.4 is 10.2 Å². The van der Waals surface area contributed by atoms with Gasteiger partial charge in [0.15, 0.2) is 5.13 Å². The van der Waals surface area contributed by atoms with E-state index in [1.54, 1.807) is 35.2 Å². The van der Waals surface area contributed by atoms with Gasteiger partial charge in [0.05, 0.1) is 16.1 Å². The van der Waals surface area contributed by atoms with E-state index in [-0.39, 0.29) is 24.1 Å². The Hall–Kier alpha value is -2.51. The molecule has 0 saturated carbocycles. The molecule has 0 spiro atoms. The molecule has 5 nitrogen and oxygen atoms in total. The smallest absolute Gasteiger partial charge is 0.231 e. The van der Waals surface area contributed by atoms with Crippen molar-refractivity contribution in [1.29, 1.82) is 0 Å². The molecule has 2 amide bonds. The van der Waals surface area contributed by atoms with Gasteiger partial charge in [0, 0.05) is 23.7 Å². The number of aromatic nitrogens is 1. The molecule has 1 N–H and O–H groups in total. The Morgan fingerprint density at radius 1 is 1.27 bits per heavy atom. The molecule has 132 valence electrons. The van der Waals surface area contributed by atoms with E-state index in [4.69, 9.17) is 11.6 Å². The third kappa shape index (κ3) is 3.27. The third-order valence-electron chi connectivity index (χ3n) is 4.21. The average molecular weight is 390 g/mol. The third-order valence-corrected chi connectivity index (χ3v) is 5.40. The van der Waals surface area contributed by atoms with Gasteiger partial charge in [-0.1, -0.05) is 22.9 Å². The minimum Gasteiger partial charge on any atom is -0.312 e. The molecule has 1 aliphatic rings. The van der Waals surface area contributed by atoms with Crippen LogP contribution in [0.4, 0.5) is 15.2 Å². The van der Waals surface area contributed by atoms with Crippen molar-refractivity contribution in [1.82, 2.24) is 4.98 Å². The summed E-state index contributed by atoms with van der Waals surface area (Å²) >= 11 is 7.07. The second-order valence-electron chi connectivity index (χ2n) is 6.00. The molecule has 1 atom stereocenters. The summed E-state index contributed by atoms with van der Waals surface area (Å²) in [4.78, 5) is 30.6. The first-order valence-corrected chi connectivity index (χ1v) is 9.12. The molecule has 2 aromatic carbocycles. The molecular formula is C18H13ClFN3O2S. The first-order valence-electron chi connectivity index (χ1n) is 7.92. The van der Waals surface area contributed by atoms with E-state index in [1.165, 1.54) is 23.5 Å². The van der Waals surface area contributed by atoms with Crippen molar-refractivity contribution in [3.05, 3.63) is 53.3 Å². The fourth-order valence-corrected chi connectivity index (χ4v) is 3.93. The van der Waals surface area contributed by atoms with Crippen molar-refractivity contribution in [3.63, 3.8) is 0 Å². The van der Waals surface area contributed by atoms with Gasteiger partial charge < -0.3 is 10.2 Å². The SMILES string of the molecule is O=C(Nc1nc2ccc(F)cc2s1)C1CC(=O)N(c2ccc(Cl)cc2)C1. The Balaban J connectivity index is 1.48. The number of rotatable bonds is 3. The van der Waals surface area contributed by atoms with Gasteiger partial charge in [-0.15, -0.1) is 0 Å². The molecule has 1 fully saturated rings.